The number of hydrogen-bond donors (Lipinski definition) is 4. The number of likely N-dealkylation sites (N-methyl/N-ethyl adjacent to an activating group) is 1. The Morgan fingerprint density at radius 1 is 1.22 bits per heavy atom. The molecule has 2 aromatic heterocycles. The van der Waals surface area contributed by atoms with Crippen LogP contribution in [0.5, 0.6) is 0 Å². The van der Waals surface area contributed by atoms with Crippen molar-refractivity contribution in [2.24, 2.45) is 5.92 Å². The van der Waals surface area contributed by atoms with Crippen LogP contribution < -0.4 is 11.1 Å². The number of nitrogens with one attached hydrogen (secondary N) is 1. The molecule has 15 nitrogen and oxygen atoms in total. The molecule has 3 saturated heterocycles. The van der Waals surface area contributed by atoms with E-state index in [2.05, 4.69) is 32.1 Å². The Kier molecular flexibility index (Phi) is 8.25. The largest absolute Gasteiger partial charge is 0.425 e. The molecule has 3 fully saturated rings. The molecule has 0 aliphatic carbocycles. The summed E-state index contributed by atoms with van der Waals surface area (Å²) in [6.07, 6.45) is -1.81. The van der Waals surface area contributed by atoms with E-state index in [-0.39, 0.29) is 34.6 Å². The van der Waals surface area contributed by atoms with Crippen molar-refractivity contribution < 1.29 is 34.1 Å². The van der Waals surface area contributed by atoms with Crippen molar-refractivity contribution in [1.82, 2.24) is 34.6 Å². The van der Waals surface area contributed by atoms with E-state index in [1.54, 1.807) is 18.9 Å². The van der Waals surface area contributed by atoms with Crippen molar-refractivity contribution in [3.05, 3.63) is 12.2 Å². The molecule has 0 saturated carbocycles. The van der Waals surface area contributed by atoms with Crippen LogP contribution >= 0.6 is 0 Å². The minimum atomic E-state index is -1.44. The number of rotatable bonds is 5. The maximum atomic E-state index is 12.5. The molecule has 3 amide bonds. The van der Waals surface area contributed by atoms with Gasteiger partial charge in [-0.05, 0) is 31.6 Å². The molecule has 0 radical (unpaired) electrons. The molecule has 5 rings (SSSR count). The summed E-state index contributed by atoms with van der Waals surface area (Å²) in [5.41, 5.74) is 6.62. The standard InChI is InChI=1S/C26H34N8O7/c1-3-28-24(38)21-19(36)20(37)25(41-21)34-13-29-18-22(27)30-15(31-23(18)34)6-4-5-14-9-11-33(12-10-14)26(39)40-17-8-7-16(35)32(17)2/h13-14,17,19-21,25,36-37H,3,5,7-12H2,1-2H3,(H,28,38)(H2,27,30,31)/t17?,19?,20-,21-,25+/m0/s1. The third kappa shape index (κ3) is 5.76. The van der Waals surface area contributed by atoms with Crippen LogP contribution in [0.25, 0.3) is 11.2 Å². The third-order valence-corrected chi connectivity index (χ3v) is 7.70. The van der Waals surface area contributed by atoms with Gasteiger partial charge < -0.3 is 40.5 Å². The molecule has 3 aliphatic rings. The first-order valence-electron chi connectivity index (χ1n) is 13.7. The number of carbonyl (C=O) groups excluding carboxylic acids is 3. The van der Waals surface area contributed by atoms with Crippen molar-refractivity contribution in [1.29, 1.82) is 0 Å². The van der Waals surface area contributed by atoms with Gasteiger partial charge in [0.15, 0.2) is 30.0 Å². The molecule has 3 aliphatic heterocycles. The van der Waals surface area contributed by atoms with Crippen molar-refractivity contribution in [2.75, 3.05) is 32.4 Å². The van der Waals surface area contributed by atoms with Crippen molar-refractivity contribution in [2.45, 2.75) is 69.8 Å². The molecular weight excluding hydrogens is 536 g/mol. The quantitative estimate of drug-likeness (QED) is 0.333. The van der Waals surface area contributed by atoms with Gasteiger partial charge in [0.25, 0.3) is 5.91 Å². The Morgan fingerprint density at radius 2 is 1.98 bits per heavy atom. The Bertz CT molecular complexity index is 1380. The Labute approximate surface area is 236 Å². The first kappa shape index (κ1) is 28.5. The zero-order valence-electron chi connectivity index (χ0n) is 22.9. The normalized spacial score (nSPS) is 26.7. The van der Waals surface area contributed by atoms with Crippen LogP contribution in [-0.4, -0.2) is 109 Å². The van der Waals surface area contributed by atoms with Gasteiger partial charge in [-0.25, -0.2) is 19.7 Å². The summed E-state index contributed by atoms with van der Waals surface area (Å²) < 4.78 is 12.6. The maximum absolute atomic E-state index is 12.5. The third-order valence-electron chi connectivity index (χ3n) is 7.70. The molecule has 5 N–H and O–H groups in total. The molecule has 0 bridgehead atoms. The number of aromatic nitrogens is 4. The lowest BCUT2D eigenvalue weighted by atomic mass is 9.94. The number of fused-ring (bicyclic) bond motifs is 1. The Hall–Kier alpha value is -4.00. The number of imidazole rings is 1. The van der Waals surface area contributed by atoms with Gasteiger partial charge in [0.1, 0.15) is 17.7 Å². The smallest absolute Gasteiger partial charge is 0.411 e. The first-order valence-corrected chi connectivity index (χ1v) is 13.7. The lowest BCUT2D eigenvalue weighted by Crippen LogP contribution is -2.42. The summed E-state index contributed by atoms with van der Waals surface area (Å²) in [4.78, 5) is 52.4. The number of aliphatic hydroxyl groups excluding tert-OH is 2. The minimum absolute atomic E-state index is 0.0252. The van der Waals surface area contributed by atoms with E-state index in [0.29, 0.717) is 38.9 Å². The zero-order chi connectivity index (χ0) is 29.3. The molecule has 220 valence electrons. The number of hydrogen-bond acceptors (Lipinski definition) is 11. The molecule has 2 unspecified atom stereocenters. The van der Waals surface area contributed by atoms with Gasteiger partial charge in [-0.1, -0.05) is 5.92 Å². The Balaban J connectivity index is 1.20. The highest BCUT2D eigenvalue weighted by molar-refractivity contribution is 5.83. The van der Waals surface area contributed by atoms with E-state index >= 15 is 0 Å². The fourth-order valence-corrected chi connectivity index (χ4v) is 5.26. The van der Waals surface area contributed by atoms with E-state index in [1.807, 2.05) is 0 Å². The number of amides is 3. The van der Waals surface area contributed by atoms with E-state index < -0.39 is 42.8 Å². The van der Waals surface area contributed by atoms with E-state index in [9.17, 15) is 24.6 Å². The van der Waals surface area contributed by atoms with Gasteiger partial charge in [0.05, 0.1) is 6.33 Å². The Morgan fingerprint density at radius 3 is 2.66 bits per heavy atom. The topological polar surface area (TPSA) is 198 Å². The maximum Gasteiger partial charge on any atom is 0.411 e. The van der Waals surface area contributed by atoms with Crippen LogP contribution in [0.1, 0.15) is 51.1 Å². The summed E-state index contributed by atoms with van der Waals surface area (Å²) in [7, 11) is 1.64. The highest BCUT2D eigenvalue weighted by Crippen LogP contribution is 2.32. The average molecular weight is 571 g/mol. The molecule has 0 spiro atoms. The predicted molar refractivity (Wildman–Crippen MR) is 142 cm³/mol. The summed E-state index contributed by atoms with van der Waals surface area (Å²) in [5, 5.41) is 23.5. The SMILES string of the molecule is CCNC(=O)[C@H]1O[C@@H](n2cnc3c(N)nc(C#CCC4CCN(C(=O)OC5CCC(=O)N5C)CC4)nc32)[C@@H](O)C1O. The molecular formula is C26H34N8O7. The second kappa shape index (κ2) is 11.9. The molecule has 5 heterocycles. The van der Waals surface area contributed by atoms with Gasteiger partial charge >= 0.3 is 6.09 Å². The zero-order valence-corrected chi connectivity index (χ0v) is 22.9. The summed E-state index contributed by atoms with van der Waals surface area (Å²) in [6.45, 7) is 3.16. The van der Waals surface area contributed by atoms with E-state index in [4.69, 9.17) is 15.2 Å². The van der Waals surface area contributed by atoms with Crippen LogP contribution in [0.3, 0.4) is 0 Å². The number of anilines is 1. The molecule has 0 aromatic carbocycles. The molecule has 15 heteroatoms. The predicted octanol–water partition coefficient (Wildman–Crippen LogP) is -0.668. The number of ether oxygens (including phenoxy) is 2. The highest BCUT2D eigenvalue weighted by atomic mass is 16.6. The van der Waals surface area contributed by atoms with Gasteiger partial charge in [-0.2, -0.15) is 0 Å². The van der Waals surface area contributed by atoms with Crippen molar-refractivity contribution in [3.63, 3.8) is 0 Å². The van der Waals surface area contributed by atoms with Crippen LogP contribution in [0.15, 0.2) is 6.33 Å². The highest BCUT2D eigenvalue weighted by Gasteiger charge is 2.47. The number of aliphatic hydroxyl groups is 2. The molecule has 41 heavy (non-hydrogen) atoms. The van der Waals surface area contributed by atoms with Gasteiger partial charge in [-0.3, -0.25) is 14.2 Å². The first-order chi connectivity index (χ1) is 19.7. The number of likely N-dealkylation sites (tertiary alicyclic amines) is 2. The second-order valence-electron chi connectivity index (χ2n) is 10.4. The number of piperidine rings is 1. The van der Waals surface area contributed by atoms with Crippen molar-refractivity contribution in [3.8, 4) is 11.8 Å². The fourth-order valence-electron chi connectivity index (χ4n) is 5.26. The van der Waals surface area contributed by atoms with E-state index in [0.717, 1.165) is 12.8 Å². The molecule has 5 atom stereocenters. The summed E-state index contributed by atoms with van der Waals surface area (Å²) in [5.74, 6) is 5.98. The number of nitrogen functional groups attached to an aromatic ring is 1. The summed E-state index contributed by atoms with van der Waals surface area (Å²) in [6, 6.07) is 0. The van der Waals surface area contributed by atoms with Crippen LogP contribution in [0.4, 0.5) is 10.6 Å². The lowest BCUT2D eigenvalue weighted by molar-refractivity contribution is -0.137. The van der Waals surface area contributed by atoms with Gasteiger partial charge in [0, 0.05) is 45.9 Å². The summed E-state index contributed by atoms with van der Waals surface area (Å²) >= 11 is 0. The van der Waals surface area contributed by atoms with Crippen LogP contribution in [0, 0.1) is 17.8 Å². The van der Waals surface area contributed by atoms with Gasteiger partial charge in [0.2, 0.25) is 11.7 Å². The van der Waals surface area contributed by atoms with E-state index in [1.165, 1.54) is 15.8 Å². The molecule has 2 aromatic rings. The number of nitrogens with two attached hydrogens (primary N) is 1. The number of nitrogens with zero attached hydrogens (tertiary/aromatic N) is 6. The van der Waals surface area contributed by atoms with Gasteiger partial charge in [-0.15, -0.1) is 0 Å². The fraction of sp³-hybridized carbons (Fsp3) is 0.615. The average Bonchev–Trinajstić information content (AvgIpc) is 3.61. The minimum Gasteiger partial charge on any atom is -0.425 e. The van der Waals surface area contributed by atoms with Crippen LogP contribution in [0.2, 0.25) is 0 Å². The van der Waals surface area contributed by atoms with Crippen LogP contribution in [-0.2, 0) is 19.1 Å². The van der Waals surface area contributed by atoms with Crippen molar-refractivity contribution >= 4 is 34.9 Å². The number of carbonyl (C=O) groups is 3. The lowest BCUT2D eigenvalue weighted by Gasteiger charge is -2.32. The monoisotopic (exact) mass is 570 g/mol. The second-order valence-corrected chi connectivity index (χ2v) is 10.4.